The second-order valence-electron chi connectivity index (χ2n) is 4.17. The van der Waals surface area contributed by atoms with Crippen LogP contribution in [0.2, 0.25) is 0 Å². The van der Waals surface area contributed by atoms with E-state index >= 15 is 0 Å². The number of carbonyl (C=O) groups is 1. The van der Waals surface area contributed by atoms with Gasteiger partial charge in [-0.1, -0.05) is 0 Å². The number of methoxy groups -OCH3 is 1. The van der Waals surface area contributed by atoms with E-state index in [0.29, 0.717) is 11.3 Å². The first-order valence-corrected chi connectivity index (χ1v) is 5.56. The van der Waals surface area contributed by atoms with E-state index in [2.05, 4.69) is 0 Å². The van der Waals surface area contributed by atoms with E-state index in [9.17, 15) is 4.79 Å². The van der Waals surface area contributed by atoms with Crippen molar-refractivity contribution in [3.05, 3.63) is 47.7 Å². The summed E-state index contributed by atoms with van der Waals surface area (Å²) in [4.78, 5) is 13.4. The molecular formula is C14H15NO3. The van der Waals surface area contributed by atoms with Gasteiger partial charge >= 0.3 is 5.97 Å². The Labute approximate surface area is 106 Å². The predicted octanol–water partition coefficient (Wildman–Crippen LogP) is 2.04. The molecule has 0 saturated carbocycles. The summed E-state index contributed by atoms with van der Waals surface area (Å²) in [6.07, 6.45) is 3.48. The lowest BCUT2D eigenvalue weighted by Crippen LogP contribution is -2.06. The largest absolute Gasteiger partial charge is 0.497 e. The van der Waals surface area contributed by atoms with Crippen LogP contribution in [-0.2, 0) is 9.53 Å². The fourth-order valence-electron chi connectivity index (χ4n) is 1.65. The molecule has 0 spiro atoms. The van der Waals surface area contributed by atoms with Crippen LogP contribution >= 0.6 is 0 Å². The molecule has 94 valence electrons. The first-order chi connectivity index (χ1) is 8.60. The molecule has 0 bridgehead atoms. The molecular weight excluding hydrogens is 230 g/mol. The maximum atomic E-state index is 11.6. The second-order valence-corrected chi connectivity index (χ2v) is 4.17. The van der Waals surface area contributed by atoms with Crippen molar-refractivity contribution in [1.29, 1.82) is 0 Å². The molecule has 1 aromatic carbocycles. The molecule has 0 amide bonds. The van der Waals surface area contributed by atoms with E-state index < -0.39 is 0 Å². The summed E-state index contributed by atoms with van der Waals surface area (Å²) in [6.45, 7) is 0. The van der Waals surface area contributed by atoms with Gasteiger partial charge in [-0.05, 0) is 30.3 Å². The molecule has 18 heavy (non-hydrogen) atoms. The molecule has 2 rings (SSSR count). The maximum absolute atomic E-state index is 11.6. The molecule has 4 nitrogen and oxygen atoms in total. The molecule has 0 aromatic heterocycles. The quantitative estimate of drug-likeness (QED) is 0.603. The third-order valence-corrected chi connectivity index (χ3v) is 2.50. The van der Waals surface area contributed by atoms with Crippen LogP contribution in [0.1, 0.15) is 5.56 Å². The van der Waals surface area contributed by atoms with Crippen molar-refractivity contribution in [3.63, 3.8) is 0 Å². The highest BCUT2D eigenvalue weighted by Crippen LogP contribution is 2.27. The molecule has 1 aliphatic rings. The van der Waals surface area contributed by atoms with Crippen molar-refractivity contribution in [2.24, 2.45) is 0 Å². The number of hydrogen-bond donors (Lipinski definition) is 0. The highest BCUT2D eigenvalue weighted by Gasteiger charge is 2.22. The van der Waals surface area contributed by atoms with Gasteiger partial charge in [-0.25, -0.2) is 4.79 Å². The molecule has 1 aliphatic heterocycles. The zero-order chi connectivity index (χ0) is 13.1. The van der Waals surface area contributed by atoms with Crippen LogP contribution in [0.15, 0.2) is 42.1 Å². The molecule has 0 atom stereocenters. The Hall–Kier alpha value is -2.23. The van der Waals surface area contributed by atoms with Crippen molar-refractivity contribution < 1.29 is 14.3 Å². The molecule has 0 N–H and O–H groups in total. The van der Waals surface area contributed by atoms with Crippen LogP contribution in [0.5, 0.6) is 5.75 Å². The average molecular weight is 245 g/mol. The van der Waals surface area contributed by atoms with Crippen molar-refractivity contribution in [1.82, 2.24) is 4.90 Å². The molecule has 1 aromatic rings. The topological polar surface area (TPSA) is 38.8 Å². The normalized spacial score (nSPS) is 16.5. The van der Waals surface area contributed by atoms with Crippen molar-refractivity contribution in [2.45, 2.75) is 0 Å². The second kappa shape index (κ2) is 4.96. The zero-order valence-corrected chi connectivity index (χ0v) is 10.6. The van der Waals surface area contributed by atoms with Gasteiger partial charge in [0.05, 0.1) is 12.7 Å². The monoisotopic (exact) mass is 245 g/mol. The molecule has 0 radical (unpaired) electrons. The standard InChI is InChI=1S/C14H15NO3/c1-15(2)9-11-8-13(18-14(11)16)10-4-6-12(17-3)7-5-10/h4-9H,1-3H3. The number of hydrogen-bond acceptors (Lipinski definition) is 4. The summed E-state index contributed by atoms with van der Waals surface area (Å²) in [6, 6.07) is 7.38. The van der Waals surface area contributed by atoms with Gasteiger partial charge in [0.25, 0.3) is 0 Å². The fourth-order valence-corrected chi connectivity index (χ4v) is 1.65. The van der Waals surface area contributed by atoms with Crippen LogP contribution in [0.3, 0.4) is 0 Å². The Kier molecular flexibility index (Phi) is 3.37. The molecule has 1 heterocycles. The molecule has 0 aliphatic carbocycles. The van der Waals surface area contributed by atoms with Gasteiger partial charge in [-0.15, -0.1) is 0 Å². The van der Waals surface area contributed by atoms with E-state index in [4.69, 9.17) is 9.47 Å². The Morgan fingerprint density at radius 3 is 2.44 bits per heavy atom. The number of carbonyl (C=O) groups excluding carboxylic acids is 1. The van der Waals surface area contributed by atoms with Crippen LogP contribution in [0.4, 0.5) is 0 Å². The first-order valence-electron chi connectivity index (χ1n) is 5.56. The minimum absolute atomic E-state index is 0.325. The fraction of sp³-hybridized carbons (Fsp3) is 0.214. The van der Waals surface area contributed by atoms with Crippen LogP contribution in [0.25, 0.3) is 5.76 Å². The summed E-state index contributed by atoms with van der Waals surface area (Å²) in [7, 11) is 5.33. The highest BCUT2D eigenvalue weighted by atomic mass is 16.5. The van der Waals surface area contributed by atoms with Gasteiger partial charge in [0, 0.05) is 25.9 Å². The molecule has 4 heteroatoms. The number of rotatable bonds is 3. The summed E-state index contributed by atoms with van der Waals surface area (Å²) < 4.78 is 10.3. The number of benzene rings is 1. The van der Waals surface area contributed by atoms with E-state index in [0.717, 1.165) is 11.3 Å². The SMILES string of the molecule is COc1ccc(C2=CC(=CN(C)C)C(=O)O2)cc1. The smallest absolute Gasteiger partial charge is 0.345 e. The van der Waals surface area contributed by atoms with E-state index in [-0.39, 0.29) is 5.97 Å². The summed E-state index contributed by atoms with van der Waals surface area (Å²) >= 11 is 0. The predicted molar refractivity (Wildman–Crippen MR) is 68.8 cm³/mol. The van der Waals surface area contributed by atoms with Gasteiger partial charge in [0.15, 0.2) is 0 Å². The summed E-state index contributed by atoms with van der Waals surface area (Å²) in [5, 5.41) is 0. The van der Waals surface area contributed by atoms with Gasteiger partial charge in [-0.3, -0.25) is 0 Å². The van der Waals surface area contributed by atoms with Crippen molar-refractivity contribution in [3.8, 4) is 5.75 Å². The van der Waals surface area contributed by atoms with Crippen molar-refractivity contribution >= 4 is 11.7 Å². The van der Waals surface area contributed by atoms with Crippen LogP contribution in [-0.4, -0.2) is 32.1 Å². The van der Waals surface area contributed by atoms with Gasteiger partial charge < -0.3 is 14.4 Å². The van der Waals surface area contributed by atoms with Crippen LogP contribution < -0.4 is 4.74 Å². The van der Waals surface area contributed by atoms with E-state index in [1.165, 1.54) is 0 Å². The van der Waals surface area contributed by atoms with Crippen LogP contribution in [0, 0.1) is 0 Å². The Morgan fingerprint density at radius 1 is 1.22 bits per heavy atom. The first kappa shape index (κ1) is 12.2. The zero-order valence-electron chi connectivity index (χ0n) is 10.6. The van der Waals surface area contributed by atoms with Gasteiger partial charge in [-0.2, -0.15) is 0 Å². The third kappa shape index (κ3) is 2.53. The number of cyclic esters (lactones) is 1. The lowest BCUT2D eigenvalue weighted by molar-refractivity contribution is -0.131. The molecule has 0 fully saturated rings. The van der Waals surface area contributed by atoms with E-state index in [1.807, 2.05) is 43.3 Å². The average Bonchev–Trinajstić information content (AvgIpc) is 2.70. The minimum atomic E-state index is -0.325. The number of esters is 1. The number of nitrogens with zero attached hydrogens (tertiary/aromatic N) is 1. The Balaban J connectivity index is 2.26. The van der Waals surface area contributed by atoms with Gasteiger partial charge in [0.2, 0.25) is 0 Å². The van der Waals surface area contributed by atoms with Gasteiger partial charge in [0.1, 0.15) is 11.5 Å². The highest BCUT2D eigenvalue weighted by molar-refractivity contribution is 6.01. The Bertz CT molecular complexity index is 512. The third-order valence-electron chi connectivity index (χ3n) is 2.50. The minimum Gasteiger partial charge on any atom is -0.497 e. The lowest BCUT2D eigenvalue weighted by atomic mass is 10.1. The maximum Gasteiger partial charge on any atom is 0.345 e. The molecule has 0 unspecified atom stereocenters. The Morgan fingerprint density at radius 2 is 1.89 bits per heavy atom. The van der Waals surface area contributed by atoms with Crippen molar-refractivity contribution in [2.75, 3.05) is 21.2 Å². The summed E-state index contributed by atoms with van der Waals surface area (Å²) in [5.74, 6) is 1.01. The molecule has 0 saturated heterocycles. The lowest BCUT2D eigenvalue weighted by Gasteiger charge is -2.04. The number of ether oxygens (including phenoxy) is 2. The summed E-state index contributed by atoms with van der Waals surface area (Å²) in [5.41, 5.74) is 1.40. The van der Waals surface area contributed by atoms with E-state index in [1.54, 1.807) is 19.4 Å².